The highest BCUT2D eigenvalue weighted by Gasteiger charge is 2.34. The topological polar surface area (TPSA) is 68.3 Å². The average Bonchev–Trinajstić information content (AvgIpc) is 3.40. The minimum atomic E-state index is -0.235. The van der Waals surface area contributed by atoms with Gasteiger partial charge in [0.2, 0.25) is 5.91 Å². The Morgan fingerprint density at radius 1 is 1.03 bits per heavy atom. The lowest BCUT2D eigenvalue weighted by atomic mass is 10.00. The second-order valence-corrected chi connectivity index (χ2v) is 10.5. The Morgan fingerprint density at radius 3 is 2.46 bits per heavy atom. The summed E-state index contributed by atoms with van der Waals surface area (Å²) in [6.07, 6.45) is 0.794. The van der Waals surface area contributed by atoms with Crippen molar-refractivity contribution in [2.45, 2.75) is 26.3 Å². The Hall–Kier alpha value is -3.52. The normalized spacial score (nSPS) is 14.7. The second kappa shape index (κ2) is 12.1. The highest BCUT2D eigenvalue weighted by molar-refractivity contribution is 7.10. The smallest absolute Gasteiger partial charge is 0.254 e. The molecule has 0 fully saturated rings. The van der Waals surface area contributed by atoms with Gasteiger partial charge >= 0.3 is 0 Å². The lowest BCUT2D eigenvalue weighted by molar-refractivity contribution is -0.135. The van der Waals surface area contributed by atoms with Gasteiger partial charge in [0, 0.05) is 29.6 Å². The zero-order chi connectivity index (χ0) is 26.4. The van der Waals surface area contributed by atoms with Crippen molar-refractivity contribution in [1.29, 1.82) is 0 Å². The highest BCUT2D eigenvalue weighted by atomic mass is 32.1. The van der Waals surface area contributed by atoms with Gasteiger partial charge < -0.3 is 24.0 Å². The Labute approximate surface area is 222 Å². The van der Waals surface area contributed by atoms with Gasteiger partial charge in [0.1, 0.15) is 30.4 Å². The minimum absolute atomic E-state index is 0.00333. The average molecular weight is 523 g/mol. The van der Waals surface area contributed by atoms with Gasteiger partial charge in [-0.25, -0.2) is 0 Å². The van der Waals surface area contributed by atoms with Crippen LogP contribution in [0.3, 0.4) is 0 Å². The molecule has 0 bridgehead atoms. The lowest BCUT2D eigenvalue weighted by Gasteiger charge is -2.37. The number of amides is 2. The van der Waals surface area contributed by atoms with E-state index in [2.05, 4.69) is 11.4 Å². The summed E-state index contributed by atoms with van der Waals surface area (Å²) in [6.45, 7) is 5.46. The van der Waals surface area contributed by atoms with E-state index in [1.54, 1.807) is 54.7 Å². The number of carbonyl (C=O) groups is 2. The van der Waals surface area contributed by atoms with Gasteiger partial charge in [-0.15, -0.1) is 11.3 Å². The minimum Gasteiger partial charge on any atom is -0.497 e. The number of ether oxygens (including phenoxy) is 3. The van der Waals surface area contributed by atoms with Crippen molar-refractivity contribution in [3.8, 4) is 17.2 Å². The Morgan fingerprint density at radius 2 is 1.73 bits per heavy atom. The van der Waals surface area contributed by atoms with E-state index in [1.165, 1.54) is 4.88 Å². The molecule has 1 aliphatic rings. The largest absolute Gasteiger partial charge is 0.497 e. The van der Waals surface area contributed by atoms with Crippen LogP contribution in [0.4, 0.5) is 0 Å². The van der Waals surface area contributed by atoms with Crippen molar-refractivity contribution in [3.05, 3.63) is 76.0 Å². The fourth-order valence-electron chi connectivity index (χ4n) is 4.59. The fourth-order valence-corrected chi connectivity index (χ4v) is 5.52. The molecule has 1 atom stereocenters. The van der Waals surface area contributed by atoms with Crippen LogP contribution in [0.2, 0.25) is 0 Å². The van der Waals surface area contributed by atoms with Gasteiger partial charge in [0.05, 0.1) is 20.3 Å². The van der Waals surface area contributed by atoms with Gasteiger partial charge in [0.25, 0.3) is 5.91 Å². The van der Waals surface area contributed by atoms with Crippen molar-refractivity contribution in [2.75, 3.05) is 40.5 Å². The van der Waals surface area contributed by atoms with Crippen molar-refractivity contribution in [3.63, 3.8) is 0 Å². The molecule has 0 N–H and O–H groups in total. The number of hydrogen-bond acceptors (Lipinski definition) is 6. The van der Waals surface area contributed by atoms with Crippen LogP contribution < -0.4 is 14.2 Å². The molecular formula is C29H34N2O5S. The molecule has 37 heavy (non-hydrogen) atoms. The summed E-state index contributed by atoms with van der Waals surface area (Å²) in [5, 5.41) is 2.06. The molecule has 1 aliphatic heterocycles. The third kappa shape index (κ3) is 6.43. The summed E-state index contributed by atoms with van der Waals surface area (Å²) in [7, 11) is 3.19. The summed E-state index contributed by atoms with van der Waals surface area (Å²) in [4.78, 5) is 32.0. The molecule has 1 aromatic heterocycles. The maximum atomic E-state index is 13.7. The summed E-state index contributed by atoms with van der Waals surface area (Å²) < 4.78 is 16.7. The lowest BCUT2D eigenvalue weighted by Crippen LogP contribution is -2.48. The zero-order valence-corrected chi connectivity index (χ0v) is 22.6. The number of benzene rings is 2. The number of thiophene rings is 1. The summed E-state index contributed by atoms with van der Waals surface area (Å²) in [6, 6.07) is 16.3. The van der Waals surface area contributed by atoms with Crippen LogP contribution in [0.15, 0.2) is 60.0 Å². The van der Waals surface area contributed by atoms with Crippen LogP contribution in [0.25, 0.3) is 0 Å². The molecule has 0 saturated heterocycles. The first kappa shape index (κ1) is 26.5. The first-order chi connectivity index (χ1) is 17.9. The van der Waals surface area contributed by atoms with E-state index in [1.807, 2.05) is 43.0 Å². The fraction of sp³-hybridized carbons (Fsp3) is 0.379. The molecule has 2 amide bonds. The molecule has 196 valence electrons. The van der Waals surface area contributed by atoms with Crippen LogP contribution in [-0.2, 0) is 11.2 Å². The second-order valence-electron chi connectivity index (χ2n) is 9.45. The van der Waals surface area contributed by atoms with Crippen LogP contribution >= 0.6 is 11.3 Å². The van der Waals surface area contributed by atoms with Crippen molar-refractivity contribution in [2.24, 2.45) is 5.92 Å². The van der Waals surface area contributed by atoms with Gasteiger partial charge in [-0.3, -0.25) is 9.59 Å². The van der Waals surface area contributed by atoms with Crippen LogP contribution in [0.5, 0.6) is 17.2 Å². The number of methoxy groups -OCH3 is 2. The van der Waals surface area contributed by atoms with Gasteiger partial charge in [0.15, 0.2) is 0 Å². The summed E-state index contributed by atoms with van der Waals surface area (Å²) in [5.74, 6) is 1.94. The zero-order valence-electron chi connectivity index (χ0n) is 21.8. The number of carbonyl (C=O) groups excluding carboxylic acids is 2. The van der Waals surface area contributed by atoms with Gasteiger partial charge in [-0.1, -0.05) is 26.0 Å². The van der Waals surface area contributed by atoms with Crippen LogP contribution in [0, 0.1) is 5.92 Å². The number of hydrogen-bond donors (Lipinski definition) is 0. The Balaban J connectivity index is 1.54. The van der Waals surface area contributed by atoms with Gasteiger partial charge in [-0.05, 0) is 59.7 Å². The van der Waals surface area contributed by atoms with E-state index in [4.69, 9.17) is 14.2 Å². The molecule has 8 heteroatoms. The molecule has 0 radical (unpaired) electrons. The number of nitrogens with zero attached hydrogens (tertiary/aromatic N) is 2. The Bertz CT molecular complexity index is 1220. The molecule has 1 unspecified atom stereocenters. The quantitative estimate of drug-likeness (QED) is 0.372. The molecule has 0 saturated carbocycles. The molecule has 0 spiro atoms. The maximum Gasteiger partial charge on any atom is 0.254 e. The van der Waals surface area contributed by atoms with Crippen molar-refractivity contribution < 1.29 is 23.8 Å². The molecule has 3 aromatic rings. The summed E-state index contributed by atoms with van der Waals surface area (Å²) in [5.41, 5.74) is 1.62. The van der Waals surface area contributed by atoms with E-state index in [0.717, 1.165) is 12.0 Å². The third-order valence-electron chi connectivity index (χ3n) is 6.38. The van der Waals surface area contributed by atoms with E-state index in [-0.39, 0.29) is 30.3 Å². The molecule has 2 aromatic carbocycles. The molecule has 2 heterocycles. The van der Waals surface area contributed by atoms with Crippen molar-refractivity contribution in [1.82, 2.24) is 9.80 Å². The monoisotopic (exact) mass is 522 g/mol. The molecule has 4 rings (SSSR count). The number of fused-ring (bicyclic) bond motifs is 1. The first-order valence-corrected chi connectivity index (χ1v) is 13.3. The predicted molar refractivity (Wildman–Crippen MR) is 145 cm³/mol. The van der Waals surface area contributed by atoms with E-state index >= 15 is 0 Å². The Kier molecular flexibility index (Phi) is 8.71. The predicted octanol–water partition coefficient (Wildman–Crippen LogP) is 5.07. The highest BCUT2D eigenvalue weighted by Crippen LogP contribution is 2.34. The molecular weight excluding hydrogens is 488 g/mol. The standard InChI is InChI=1S/C29H34N2O5S/c1-20(2)17-30(29(33)21-7-5-8-22(15-21)34-3)18-28(32)31-13-11-27-25(12-14-37-27)26(31)19-36-24-10-6-9-23(16-24)35-4/h5-10,12,14-16,20,26H,11,13,17-19H2,1-4H3. The first-order valence-electron chi connectivity index (χ1n) is 12.5. The van der Waals surface area contributed by atoms with Crippen LogP contribution in [-0.4, -0.2) is 62.1 Å². The SMILES string of the molecule is COc1cccc(OCC2c3ccsc3CCN2C(=O)CN(CC(C)C)C(=O)c2cccc(OC)c2)c1. The molecule has 0 aliphatic carbocycles. The van der Waals surface area contributed by atoms with Crippen molar-refractivity contribution >= 4 is 23.2 Å². The van der Waals surface area contributed by atoms with E-state index < -0.39 is 0 Å². The van der Waals surface area contributed by atoms with E-state index in [9.17, 15) is 9.59 Å². The maximum absolute atomic E-state index is 13.7. The summed E-state index contributed by atoms with van der Waals surface area (Å²) >= 11 is 1.71. The van der Waals surface area contributed by atoms with Gasteiger partial charge in [-0.2, -0.15) is 0 Å². The van der Waals surface area contributed by atoms with Crippen LogP contribution in [0.1, 0.15) is 40.7 Å². The number of rotatable bonds is 10. The molecule has 7 nitrogen and oxygen atoms in total. The van der Waals surface area contributed by atoms with E-state index in [0.29, 0.717) is 42.5 Å². The third-order valence-corrected chi connectivity index (χ3v) is 7.38.